The molecule has 2 atom stereocenters. The highest BCUT2D eigenvalue weighted by atomic mass is 16.7. The Morgan fingerprint density at radius 2 is 2.11 bits per heavy atom. The van der Waals surface area contributed by atoms with E-state index in [2.05, 4.69) is 40.8 Å². The van der Waals surface area contributed by atoms with E-state index >= 15 is 0 Å². The summed E-state index contributed by atoms with van der Waals surface area (Å²) in [5.41, 5.74) is 3.44. The van der Waals surface area contributed by atoms with Gasteiger partial charge in [0.1, 0.15) is 0 Å². The van der Waals surface area contributed by atoms with Gasteiger partial charge in [0, 0.05) is 6.42 Å². The molecule has 2 aliphatic heterocycles. The summed E-state index contributed by atoms with van der Waals surface area (Å²) in [6.45, 7) is 1.81. The molecule has 1 N–H and O–H groups in total. The largest absolute Gasteiger partial charge is 0.492 e. The van der Waals surface area contributed by atoms with Gasteiger partial charge >= 0.3 is 0 Å². The van der Waals surface area contributed by atoms with Gasteiger partial charge in [-0.3, -0.25) is 0 Å². The highest BCUT2D eigenvalue weighted by molar-refractivity contribution is 5.62. The maximum Gasteiger partial charge on any atom is 0.231 e. The van der Waals surface area contributed by atoms with Crippen molar-refractivity contribution in [1.82, 2.24) is 20.2 Å². The zero-order valence-electron chi connectivity index (χ0n) is 15.9. The minimum Gasteiger partial charge on any atom is -0.492 e. The van der Waals surface area contributed by atoms with Crippen LogP contribution in [0, 0.1) is 0 Å². The molecule has 5 rings (SSSR count). The van der Waals surface area contributed by atoms with Gasteiger partial charge in [-0.25, -0.2) is 4.68 Å². The molecule has 0 saturated carbocycles. The molecule has 3 heterocycles. The second-order valence-corrected chi connectivity index (χ2v) is 7.18. The number of tetrazole rings is 1. The number of methoxy groups -OCH3 is 1. The number of hydrogen-bond acceptors (Lipinski definition) is 6. The zero-order chi connectivity index (χ0) is 19.1. The molecule has 0 fully saturated rings. The maximum absolute atomic E-state index is 5.79. The van der Waals surface area contributed by atoms with E-state index in [-0.39, 0.29) is 12.8 Å². The Balaban J connectivity index is 1.62. The Hall–Kier alpha value is -3.13. The number of benzene rings is 2. The van der Waals surface area contributed by atoms with Crippen LogP contribution in [0.1, 0.15) is 28.6 Å². The molecule has 2 aliphatic rings. The number of ether oxygens (including phenoxy) is 3. The Bertz CT molecular complexity index is 1000. The van der Waals surface area contributed by atoms with E-state index in [1.54, 1.807) is 7.11 Å². The average Bonchev–Trinajstić information content (AvgIpc) is 3.36. The fourth-order valence-corrected chi connectivity index (χ4v) is 4.16. The van der Waals surface area contributed by atoms with Crippen LogP contribution in [-0.2, 0) is 13.0 Å². The number of aromatic nitrogens is 4. The van der Waals surface area contributed by atoms with Gasteiger partial charge in [0.05, 0.1) is 32.8 Å². The van der Waals surface area contributed by atoms with Crippen molar-refractivity contribution in [2.45, 2.75) is 19.0 Å². The van der Waals surface area contributed by atoms with E-state index in [9.17, 15) is 0 Å². The normalized spacial score (nSPS) is 20.1. The van der Waals surface area contributed by atoms with Crippen LogP contribution >= 0.6 is 0 Å². The molecule has 3 aromatic rings. The van der Waals surface area contributed by atoms with Crippen molar-refractivity contribution in [2.24, 2.45) is 0 Å². The minimum atomic E-state index is -0.0492. The molecule has 0 spiro atoms. The van der Waals surface area contributed by atoms with Crippen LogP contribution in [0.4, 0.5) is 0 Å². The molecule has 0 bridgehead atoms. The topological polar surface area (TPSA) is 75.7 Å². The number of nitrogens with zero attached hydrogens (tertiary/aromatic N) is 4. The molecule has 144 valence electrons. The van der Waals surface area contributed by atoms with Crippen molar-refractivity contribution in [3.05, 3.63) is 58.9 Å². The minimum absolute atomic E-state index is 0.0492. The SMILES string of the molecule is COc1c2c(cc3c1[C@H](c1nnnn1Cc1ccccc1)[NH+](C)CC3)OCO2. The van der Waals surface area contributed by atoms with Crippen LogP contribution in [-0.4, -0.2) is 47.7 Å². The standard InChI is InChI=1S/C20H21N5O3/c1-24-9-8-14-10-15-18(28-12-27-15)19(26-2)16(14)17(24)20-21-22-23-25(20)11-13-6-4-3-5-7-13/h3-7,10,17H,8-9,11-12H2,1-2H3/p+1/t17-/m1/s1. The smallest absolute Gasteiger partial charge is 0.231 e. The lowest BCUT2D eigenvalue weighted by molar-refractivity contribution is -0.909. The molecular formula is C20H22N5O3+. The van der Waals surface area contributed by atoms with Crippen molar-refractivity contribution in [3.63, 3.8) is 0 Å². The van der Waals surface area contributed by atoms with Gasteiger partial charge < -0.3 is 19.1 Å². The highest BCUT2D eigenvalue weighted by Gasteiger charge is 2.40. The number of rotatable bonds is 4. The summed E-state index contributed by atoms with van der Waals surface area (Å²) in [4.78, 5) is 1.31. The van der Waals surface area contributed by atoms with Crippen LogP contribution in [0.2, 0.25) is 0 Å². The molecule has 28 heavy (non-hydrogen) atoms. The third-order valence-corrected chi connectivity index (χ3v) is 5.51. The first-order valence-corrected chi connectivity index (χ1v) is 9.38. The second-order valence-electron chi connectivity index (χ2n) is 7.18. The highest BCUT2D eigenvalue weighted by Crippen LogP contribution is 2.48. The van der Waals surface area contributed by atoms with Crippen LogP contribution in [0.3, 0.4) is 0 Å². The number of likely N-dealkylation sites (N-methyl/N-ethyl adjacent to an activating group) is 1. The Morgan fingerprint density at radius 3 is 2.93 bits per heavy atom. The summed E-state index contributed by atoms with van der Waals surface area (Å²) in [6, 6.07) is 12.2. The summed E-state index contributed by atoms with van der Waals surface area (Å²) in [5.74, 6) is 2.96. The number of nitrogens with one attached hydrogen (secondary N) is 1. The maximum atomic E-state index is 5.79. The molecule has 8 heteroatoms. The molecule has 0 amide bonds. The van der Waals surface area contributed by atoms with Gasteiger partial charge in [0.2, 0.25) is 18.4 Å². The van der Waals surface area contributed by atoms with Gasteiger partial charge in [-0.2, -0.15) is 0 Å². The molecule has 1 aromatic heterocycles. The summed E-state index contributed by atoms with van der Waals surface area (Å²) in [7, 11) is 3.84. The fraction of sp³-hybridized carbons (Fsp3) is 0.350. The molecule has 0 radical (unpaired) electrons. The quantitative estimate of drug-likeness (QED) is 0.715. The Kier molecular flexibility index (Phi) is 4.12. The number of hydrogen-bond donors (Lipinski definition) is 1. The summed E-state index contributed by atoms with van der Waals surface area (Å²) < 4.78 is 19.0. The monoisotopic (exact) mass is 380 g/mol. The predicted molar refractivity (Wildman–Crippen MR) is 99.8 cm³/mol. The third-order valence-electron chi connectivity index (χ3n) is 5.51. The van der Waals surface area contributed by atoms with Gasteiger partial charge in [-0.05, 0) is 27.6 Å². The predicted octanol–water partition coefficient (Wildman–Crippen LogP) is 0.619. The van der Waals surface area contributed by atoms with Gasteiger partial charge in [-0.1, -0.05) is 30.3 Å². The lowest BCUT2D eigenvalue weighted by Crippen LogP contribution is -3.10. The van der Waals surface area contributed by atoms with Crippen LogP contribution in [0.5, 0.6) is 17.2 Å². The Labute approximate surface area is 162 Å². The van der Waals surface area contributed by atoms with E-state index in [1.165, 1.54) is 10.5 Å². The van der Waals surface area contributed by atoms with Crippen molar-refractivity contribution in [3.8, 4) is 17.2 Å². The van der Waals surface area contributed by atoms with E-state index < -0.39 is 0 Å². The summed E-state index contributed by atoms with van der Waals surface area (Å²) in [5, 5.41) is 12.7. The van der Waals surface area contributed by atoms with E-state index in [0.717, 1.165) is 41.4 Å². The van der Waals surface area contributed by atoms with E-state index in [0.29, 0.717) is 12.3 Å². The molecule has 8 nitrogen and oxygen atoms in total. The number of quaternary nitrogens is 1. The lowest BCUT2D eigenvalue weighted by atomic mass is 9.90. The zero-order valence-corrected chi connectivity index (χ0v) is 15.9. The molecule has 0 aliphatic carbocycles. The lowest BCUT2D eigenvalue weighted by Gasteiger charge is -2.32. The van der Waals surface area contributed by atoms with Crippen molar-refractivity contribution in [2.75, 3.05) is 27.5 Å². The van der Waals surface area contributed by atoms with Crippen LogP contribution in [0.25, 0.3) is 0 Å². The first-order chi connectivity index (χ1) is 13.8. The van der Waals surface area contributed by atoms with E-state index in [4.69, 9.17) is 14.2 Å². The molecule has 1 unspecified atom stereocenters. The van der Waals surface area contributed by atoms with Gasteiger partial charge in [0.15, 0.2) is 17.5 Å². The van der Waals surface area contributed by atoms with E-state index in [1.807, 2.05) is 22.9 Å². The molecular weight excluding hydrogens is 358 g/mol. The van der Waals surface area contributed by atoms with Crippen LogP contribution < -0.4 is 19.1 Å². The summed E-state index contributed by atoms with van der Waals surface area (Å²) in [6.07, 6.45) is 0.935. The van der Waals surface area contributed by atoms with Gasteiger partial charge in [0.25, 0.3) is 0 Å². The number of fused-ring (bicyclic) bond motifs is 2. The third kappa shape index (κ3) is 2.68. The second kappa shape index (κ2) is 6.79. The fourth-order valence-electron chi connectivity index (χ4n) is 4.16. The molecule has 0 saturated heterocycles. The van der Waals surface area contributed by atoms with Crippen molar-refractivity contribution >= 4 is 0 Å². The van der Waals surface area contributed by atoms with Crippen molar-refractivity contribution < 1.29 is 19.1 Å². The Morgan fingerprint density at radius 1 is 1.25 bits per heavy atom. The van der Waals surface area contributed by atoms with Gasteiger partial charge in [-0.15, -0.1) is 5.10 Å². The first kappa shape index (κ1) is 17.0. The van der Waals surface area contributed by atoms with Crippen LogP contribution in [0.15, 0.2) is 36.4 Å². The molecule has 2 aromatic carbocycles. The first-order valence-electron chi connectivity index (χ1n) is 9.38. The average molecular weight is 380 g/mol. The van der Waals surface area contributed by atoms with Crippen molar-refractivity contribution in [1.29, 1.82) is 0 Å². The summed E-state index contributed by atoms with van der Waals surface area (Å²) >= 11 is 0.